The van der Waals surface area contributed by atoms with Gasteiger partial charge in [0.1, 0.15) is 5.75 Å². The molecule has 0 fully saturated rings. The highest BCUT2D eigenvalue weighted by molar-refractivity contribution is 6.54. The normalized spacial score (nSPS) is 10.1. The molecule has 1 rings (SSSR count). The fourth-order valence-electron chi connectivity index (χ4n) is 0.878. The zero-order valence-corrected chi connectivity index (χ0v) is 13.6. The Labute approximate surface area is 116 Å². The molecule has 0 aliphatic carbocycles. The van der Waals surface area contributed by atoms with E-state index in [0.717, 1.165) is 6.42 Å². The SMILES string of the molecule is CCC(C)(C)C(=O)Oc1ccccc1.[CH3][Al]([CH3])[CH3]. The third-order valence-electron chi connectivity index (χ3n) is 2.39. The molecule has 0 unspecified atom stereocenters. The standard InChI is InChI=1S/C12H16O2.3CH3.Al/c1-4-12(2,3)11(13)14-10-8-6-5-7-9-10;;;;/h5-9H,4H2,1-3H3;3*1H3;. The predicted molar refractivity (Wildman–Crippen MR) is 79.5 cm³/mol. The Morgan fingerprint density at radius 3 is 2.00 bits per heavy atom. The maximum atomic E-state index is 11.6. The molecule has 0 saturated carbocycles. The zero-order chi connectivity index (χ0) is 14.2. The van der Waals surface area contributed by atoms with Gasteiger partial charge in [-0.2, -0.15) is 0 Å². The summed E-state index contributed by atoms with van der Waals surface area (Å²) < 4.78 is 5.23. The quantitative estimate of drug-likeness (QED) is 0.459. The van der Waals surface area contributed by atoms with E-state index in [2.05, 4.69) is 17.4 Å². The van der Waals surface area contributed by atoms with Crippen LogP contribution in [0.15, 0.2) is 30.3 Å². The van der Waals surface area contributed by atoms with Gasteiger partial charge in [-0.3, -0.25) is 4.79 Å². The summed E-state index contributed by atoms with van der Waals surface area (Å²) in [6.07, 6.45) is 0.776. The molecule has 1 aromatic carbocycles. The number of carbonyl (C=O) groups is 1. The topological polar surface area (TPSA) is 26.3 Å². The van der Waals surface area contributed by atoms with Gasteiger partial charge in [0.15, 0.2) is 0 Å². The molecule has 0 amide bonds. The van der Waals surface area contributed by atoms with Gasteiger partial charge in [0.2, 0.25) is 0 Å². The minimum Gasteiger partial charge on any atom is -0.426 e. The number of rotatable bonds is 3. The number of carbonyl (C=O) groups excluding carboxylic acids is 1. The summed E-state index contributed by atoms with van der Waals surface area (Å²) in [4.78, 5) is 11.6. The average Bonchev–Trinajstić information content (AvgIpc) is 2.29. The average molecular weight is 264 g/mol. The van der Waals surface area contributed by atoms with E-state index in [0.29, 0.717) is 5.75 Å². The number of hydrogen-bond donors (Lipinski definition) is 0. The van der Waals surface area contributed by atoms with Crippen LogP contribution in [0.1, 0.15) is 27.2 Å². The second-order valence-electron chi connectivity index (χ2n) is 5.67. The molecular formula is C15H25AlO2. The highest BCUT2D eigenvalue weighted by Gasteiger charge is 2.27. The van der Waals surface area contributed by atoms with E-state index < -0.39 is 5.41 Å². The lowest BCUT2D eigenvalue weighted by Crippen LogP contribution is -2.28. The molecule has 3 heteroatoms. The van der Waals surface area contributed by atoms with Crippen molar-refractivity contribution in [3.63, 3.8) is 0 Å². The van der Waals surface area contributed by atoms with Crippen molar-refractivity contribution in [3.8, 4) is 5.75 Å². The molecule has 0 saturated heterocycles. The van der Waals surface area contributed by atoms with Gasteiger partial charge in [0, 0.05) is 0 Å². The van der Waals surface area contributed by atoms with E-state index in [1.54, 1.807) is 12.1 Å². The van der Waals surface area contributed by atoms with Crippen molar-refractivity contribution < 1.29 is 9.53 Å². The molecule has 1 aromatic rings. The summed E-state index contributed by atoms with van der Waals surface area (Å²) in [5.74, 6) is 7.35. The van der Waals surface area contributed by atoms with Crippen LogP contribution < -0.4 is 4.74 Å². The molecule has 0 N–H and O–H groups in total. The molecule has 0 atom stereocenters. The van der Waals surface area contributed by atoms with E-state index in [9.17, 15) is 4.79 Å². The first-order valence-corrected chi connectivity index (χ1v) is 10.0. The van der Waals surface area contributed by atoms with E-state index >= 15 is 0 Å². The monoisotopic (exact) mass is 264 g/mol. The van der Waals surface area contributed by atoms with E-state index in [-0.39, 0.29) is 20.1 Å². The lowest BCUT2D eigenvalue weighted by Gasteiger charge is -2.19. The molecule has 0 aromatic heterocycles. The van der Waals surface area contributed by atoms with Crippen LogP contribution in [0.4, 0.5) is 0 Å². The van der Waals surface area contributed by atoms with Gasteiger partial charge in [0.05, 0.1) is 5.41 Å². The van der Waals surface area contributed by atoms with Crippen molar-refractivity contribution in [1.29, 1.82) is 0 Å². The molecule has 0 aliphatic rings. The Kier molecular flexibility index (Phi) is 7.99. The van der Waals surface area contributed by atoms with Gasteiger partial charge >= 0.3 is 5.97 Å². The smallest absolute Gasteiger partial charge is 0.316 e. The molecular weight excluding hydrogens is 239 g/mol. The third-order valence-corrected chi connectivity index (χ3v) is 2.39. The van der Waals surface area contributed by atoms with E-state index in [1.807, 2.05) is 39.0 Å². The Morgan fingerprint density at radius 1 is 1.17 bits per heavy atom. The molecule has 0 spiro atoms. The van der Waals surface area contributed by atoms with Crippen LogP contribution in [0.5, 0.6) is 5.75 Å². The molecule has 0 radical (unpaired) electrons. The third kappa shape index (κ3) is 7.53. The van der Waals surface area contributed by atoms with Crippen LogP contribution in [0.3, 0.4) is 0 Å². The van der Waals surface area contributed by atoms with Gasteiger partial charge in [-0.1, -0.05) is 25.1 Å². The Morgan fingerprint density at radius 2 is 1.61 bits per heavy atom. The van der Waals surface area contributed by atoms with Gasteiger partial charge in [-0.15, -0.1) is 17.4 Å². The zero-order valence-electron chi connectivity index (χ0n) is 12.5. The Balaban J connectivity index is 0.000000631. The second kappa shape index (κ2) is 8.35. The Hall–Kier alpha value is -0.778. The summed E-state index contributed by atoms with van der Waals surface area (Å²) in [6.45, 7) is 5.75. The molecule has 0 heterocycles. The highest BCUT2D eigenvalue weighted by atomic mass is 27.2. The van der Waals surface area contributed by atoms with Crippen LogP contribution in [0.25, 0.3) is 0 Å². The van der Waals surface area contributed by atoms with Crippen LogP contribution in [-0.2, 0) is 4.79 Å². The van der Waals surface area contributed by atoms with E-state index in [4.69, 9.17) is 4.74 Å². The first-order chi connectivity index (χ1) is 8.29. The molecule has 100 valence electrons. The van der Waals surface area contributed by atoms with Gasteiger partial charge in [0.25, 0.3) is 14.1 Å². The number of ether oxygens (including phenoxy) is 1. The van der Waals surface area contributed by atoms with Crippen molar-refractivity contribution >= 4 is 20.1 Å². The largest absolute Gasteiger partial charge is 0.426 e. The number of benzene rings is 1. The minimum absolute atomic E-state index is 0.139. The van der Waals surface area contributed by atoms with Crippen molar-refractivity contribution in [3.05, 3.63) is 30.3 Å². The summed E-state index contributed by atoms with van der Waals surface area (Å²) in [5.41, 5.74) is -0.407. The predicted octanol–water partition coefficient (Wildman–Crippen LogP) is 4.40. The number of hydrogen-bond acceptors (Lipinski definition) is 2. The number of esters is 1. The first kappa shape index (κ1) is 17.2. The van der Waals surface area contributed by atoms with Crippen molar-refractivity contribution in [1.82, 2.24) is 0 Å². The lowest BCUT2D eigenvalue weighted by atomic mass is 9.91. The van der Waals surface area contributed by atoms with Crippen LogP contribution >= 0.6 is 0 Å². The molecule has 0 aliphatic heterocycles. The maximum absolute atomic E-state index is 11.6. The summed E-state index contributed by atoms with van der Waals surface area (Å²) in [6, 6.07) is 9.15. The lowest BCUT2D eigenvalue weighted by molar-refractivity contribution is -0.144. The van der Waals surface area contributed by atoms with Gasteiger partial charge in [-0.05, 0) is 32.4 Å². The van der Waals surface area contributed by atoms with Crippen LogP contribution in [0, 0.1) is 5.41 Å². The minimum atomic E-state index is -0.407. The van der Waals surface area contributed by atoms with Crippen molar-refractivity contribution in [2.75, 3.05) is 0 Å². The van der Waals surface area contributed by atoms with Gasteiger partial charge in [-0.25, -0.2) is 0 Å². The first-order valence-electron chi connectivity index (χ1n) is 6.57. The Bertz CT molecular complexity index is 342. The van der Waals surface area contributed by atoms with E-state index in [1.165, 1.54) is 0 Å². The van der Waals surface area contributed by atoms with Gasteiger partial charge < -0.3 is 4.74 Å². The van der Waals surface area contributed by atoms with Crippen LogP contribution in [-0.4, -0.2) is 20.1 Å². The molecule has 0 bridgehead atoms. The second-order valence-corrected chi connectivity index (χ2v) is 9.14. The molecule has 18 heavy (non-hydrogen) atoms. The summed E-state index contributed by atoms with van der Waals surface area (Å²) in [7, 11) is 0. The van der Waals surface area contributed by atoms with Crippen LogP contribution in [0.2, 0.25) is 17.4 Å². The summed E-state index contributed by atoms with van der Waals surface area (Å²) in [5, 5.41) is 0. The highest BCUT2D eigenvalue weighted by Crippen LogP contribution is 2.23. The number of para-hydroxylation sites is 1. The maximum Gasteiger partial charge on any atom is 0.316 e. The summed E-state index contributed by atoms with van der Waals surface area (Å²) >= 11 is -0.139. The fourth-order valence-corrected chi connectivity index (χ4v) is 0.878. The van der Waals surface area contributed by atoms with Crippen molar-refractivity contribution in [2.45, 2.75) is 44.5 Å². The fraction of sp³-hybridized carbons (Fsp3) is 0.533. The van der Waals surface area contributed by atoms with Crippen molar-refractivity contribution in [2.24, 2.45) is 5.41 Å². The molecule has 2 nitrogen and oxygen atoms in total.